The molecule has 2 aromatic carbocycles. The molecular weight excluding hydrogens is 321 g/mol. The number of morpholine rings is 1. The van der Waals surface area contributed by atoms with Crippen LogP contribution in [0, 0.1) is 0 Å². The van der Waals surface area contributed by atoms with Gasteiger partial charge in [-0.3, -0.25) is 0 Å². The molecule has 2 aromatic rings. The van der Waals surface area contributed by atoms with E-state index in [-0.39, 0.29) is 12.3 Å². The molecule has 116 valence electrons. The molecule has 1 saturated heterocycles. The standard InChI is InChI=1S/C17H17Cl2NO2/c18-14-8-12(9-15(19)10-14)11-22-17-16(20-6-7-21-17)13-4-2-1-3-5-13/h1-5,8-10,16-17,20H,6-7,11H2. The summed E-state index contributed by atoms with van der Waals surface area (Å²) in [5, 5.41) is 4.65. The molecular formula is C17H17Cl2NO2. The Morgan fingerprint density at radius 2 is 1.82 bits per heavy atom. The summed E-state index contributed by atoms with van der Waals surface area (Å²) < 4.78 is 11.7. The van der Waals surface area contributed by atoms with Gasteiger partial charge in [0.25, 0.3) is 0 Å². The maximum atomic E-state index is 6.01. The van der Waals surface area contributed by atoms with Crippen molar-refractivity contribution in [2.45, 2.75) is 18.9 Å². The summed E-state index contributed by atoms with van der Waals surface area (Å²) >= 11 is 12.0. The summed E-state index contributed by atoms with van der Waals surface area (Å²) in [5.41, 5.74) is 2.08. The molecule has 2 atom stereocenters. The van der Waals surface area contributed by atoms with E-state index < -0.39 is 0 Å². The maximum Gasteiger partial charge on any atom is 0.177 e. The molecule has 0 radical (unpaired) electrons. The molecule has 1 N–H and O–H groups in total. The highest BCUT2D eigenvalue weighted by atomic mass is 35.5. The largest absolute Gasteiger partial charge is 0.349 e. The van der Waals surface area contributed by atoms with E-state index in [1.165, 1.54) is 0 Å². The number of hydrogen-bond donors (Lipinski definition) is 1. The number of rotatable bonds is 4. The van der Waals surface area contributed by atoms with Gasteiger partial charge in [-0.2, -0.15) is 0 Å². The summed E-state index contributed by atoms with van der Waals surface area (Å²) in [6, 6.07) is 15.6. The second-order valence-corrected chi connectivity index (χ2v) is 6.04. The Bertz CT molecular complexity index is 601. The summed E-state index contributed by atoms with van der Waals surface area (Å²) in [7, 11) is 0. The molecule has 0 saturated carbocycles. The fraction of sp³-hybridized carbons (Fsp3) is 0.294. The van der Waals surface area contributed by atoms with Crippen molar-refractivity contribution >= 4 is 23.2 Å². The Morgan fingerprint density at radius 3 is 2.55 bits per heavy atom. The average Bonchev–Trinajstić information content (AvgIpc) is 2.53. The Hall–Kier alpha value is -1.10. The lowest BCUT2D eigenvalue weighted by Gasteiger charge is -2.33. The highest BCUT2D eigenvalue weighted by molar-refractivity contribution is 6.34. The number of halogens is 2. The summed E-state index contributed by atoms with van der Waals surface area (Å²) in [6.45, 7) is 1.84. The van der Waals surface area contributed by atoms with E-state index >= 15 is 0 Å². The first kappa shape index (κ1) is 15.8. The molecule has 3 nitrogen and oxygen atoms in total. The number of nitrogens with one attached hydrogen (secondary N) is 1. The van der Waals surface area contributed by atoms with Gasteiger partial charge in [0.2, 0.25) is 0 Å². The van der Waals surface area contributed by atoms with Crippen molar-refractivity contribution in [3.05, 3.63) is 69.7 Å². The molecule has 0 aliphatic carbocycles. The van der Waals surface area contributed by atoms with Crippen LogP contribution in [0.1, 0.15) is 17.2 Å². The van der Waals surface area contributed by atoms with Gasteiger partial charge in [-0.25, -0.2) is 0 Å². The maximum absolute atomic E-state index is 6.01. The van der Waals surface area contributed by atoms with Gasteiger partial charge in [-0.1, -0.05) is 53.5 Å². The van der Waals surface area contributed by atoms with Crippen LogP contribution < -0.4 is 5.32 Å². The minimum Gasteiger partial charge on any atom is -0.349 e. The molecule has 0 bridgehead atoms. The van der Waals surface area contributed by atoms with Crippen molar-refractivity contribution in [2.75, 3.05) is 13.2 Å². The monoisotopic (exact) mass is 337 g/mol. The van der Waals surface area contributed by atoms with Gasteiger partial charge in [-0.05, 0) is 29.3 Å². The zero-order valence-electron chi connectivity index (χ0n) is 12.0. The Balaban J connectivity index is 1.69. The Labute approximate surface area is 140 Å². The Kier molecular flexibility index (Phi) is 5.34. The normalized spacial score (nSPS) is 21.7. The van der Waals surface area contributed by atoms with E-state index in [1.54, 1.807) is 6.07 Å². The number of benzene rings is 2. The molecule has 1 aliphatic rings. The third-order valence-corrected chi connectivity index (χ3v) is 3.95. The zero-order chi connectivity index (χ0) is 15.4. The smallest absolute Gasteiger partial charge is 0.177 e. The molecule has 0 amide bonds. The molecule has 3 rings (SSSR count). The van der Waals surface area contributed by atoms with Crippen molar-refractivity contribution in [2.24, 2.45) is 0 Å². The lowest BCUT2D eigenvalue weighted by Crippen LogP contribution is -2.43. The quantitative estimate of drug-likeness (QED) is 0.906. The zero-order valence-corrected chi connectivity index (χ0v) is 13.5. The lowest BCUT2D eigenvalue weighted by molar-refractivity contribution is -0.183. The van der Waals surface area contributed by atoms with Crippen LogP contribution in [0.15, 0.2) is 48.5 Å². The van der Waals surface area contributed by atoms with Crippen LogP contribution in [-0.4, -0.2) is 19.4 Å². The van der Waals surface area contributed by atoms with Gasteiger partial charge in [0, 0.05) is 16.6 Å². The van der Waals surface area contributed by atoms with E-state index in [9.17, 15) is 0 Å². The van der Waals surface area contributed by atoms with Crippen molar-refractivity contribution in [3.63, 3.8) is 0 Å². The first-order valence-electron chi connectivity index (χ1n) is 7.19. The summed E-state index contributed by atoms with van der Waals surface area (Å²) in [4.78, 5) is 0. The van der Waals surface area contributed by atoms with Gasteiger partial charge < -0.3 is 14.8 Å². The minimum atomic E-state index is -0.339. The third kappa shape index (κ3) is 4.00. The van der Waals surface area contributed by atoms with Crippen molar-refractivity contribution in [1.82, 2.24) is 5.32 Å². The molecule has 2 unspecified atom stereocenters. The van der Waals surface area contributed by atoms with Crippen LogP contribution in [0.5, 0.6) is 0 Å². The topological polar surface area (TPSA) is 30.5 Å². The first-order valence-corrected chi connectivity index (χ1v) is 7.94. The molecule has 22 heavy (non-hydrogen) atoms. The number of ether oxygens (including phenoxy) is 2. The molecule has 5 heteroatoms. The second-order valence-electron chi connectivity index (χ2n) is 5.17. The van der Waals surface area contributed by atoms with Crippen LogP contribution in [0.4, 0.5) is 0 Å². The Morgan fingerprint density at radius 1 is 1.09 bits per heavy atom. The predicted molar refractivity (Wildman–Crippen MR) is 88.2 cm³/mol. The SMILES string of the molecule is Clc1cc(Cl)cc(COC2OCCNC2c2ccccc2)c1. The van der Waals surface area contributed by atoms with Crippen molar-refractivity contribution in [3.8, 4) is 0 Å². The van der Waals surface area contributed by atoms with E-state index in [0.29, 0.717) is 23.3 Å². The van der Waals surface area contributed by atoms with E-state index in [2.05, 4.69) is 17.4 Å². The predicted octanol–water partition coefficient (Wildman–Crippen LogP) is 4.20. The van der Waals surface area contributed by atoms with Crippen LogP contribution in [0.2, 0.25) is 10.0 Å². The van der Waals surface area contributed by atoms with Crippen LogP contribution >= 0.6 is 23.2 Å². The van der Waals surface area contributed by atoms with E-state index in [1.807, 2.05) is 30.3 Å². The highest BCUT2D eigenvalue weighted by Gasteiger charge is 2.27. The van der Waals surface area contributed by atoms with Crippen LogP contribution in [0.3, 0.4) is 0 Å². The third-order valence-electron chi connectivity index (χ3n) is 3.52. The second kappa shape index (κ2) is 7.44. The molecule has 1 aliphatic heterocycles. The van der Waals surface area contributed by atoms with Crippen LogP contribution in [-0.2, 0) is 16.1 Å². The fourth-order valence-corrected chi connectivity index (χ4v) is 3.11. The molecule has 0 aromatic heterocycles. The van der Waals surface area contributed by atoms with E-state index in [0.717, 1.165) is 17.7 Å². The lowest BCUT2D eigenvalue weighted by atomic mass is 10.1. The molecule has 0 spiro atoms. The summed E-state index contributed by atoms with van der Waals surface area (Å²) in [6.07, 6.45) is -0.339. The van der Waals surface area contributed by atoms with Gasteiger partial charge >= 0.3 is 0 Å². The molecule has 1 fully saturated rings. The molecule has 1 heterocycles. The van der Waals surface area contributed by atoms with Crippen molar-refractivity contribution in [1.29, 1.82) is 0 Å². The fourth-order valence-electron chi connectivity index (χ4n) is 2.53. The van der Waals surface area contributed by atoms with E-state index in [4.69, 9.17) is 32.7 Å². The number of hydrogen-bond acceptors (Lipinski definition) is 3. The van der Waals surface area contributed by atoms with Crippen molar-refractivity contribution < 1.29 is 9.47 Å². The highest BCUT2D eigenvalue weighted by Crippen LogP contribution is 2.25. The van der Waals surface area contributed by atoms with Gasteiger partial charge in [0.15, 0.2) is 6.29 Å². The van der Waals surface area contributed by atoms with Gasteiger partial charge in [0.1, 0.15) is 0 Å². The van der Waals surface area contributed by atoms with Gasteiger partial charge in [-0.15, -0.1) is 0 Å². The van der Waals surface area contributed by atoms with Crippen LogP contribution in [0.25, 0.3) is 0 Å². The van der Waals surface area contributed by atoms with Gasteiger partial charge in [0.05, 0.1) is 19.3 Å². The minimum absolute atomic E-state index is 0.0182. The first-order chi connectivity index (χ1) is 10.7. The summed E-state index contributed by atoms with van der Waals surface area (Å²) in [5.74, 6) is 0. The average molecular weight is 338 g/mol.